The van der Waals surface area contributed by atoms with Gasteiger partial charge in [0.05, 0.1) is 17.9 Å². The molecule has 0 amide bonds. The maximum Gasteiger partial charge on any atom is 0.307 e. The van der Waals surface area contributed by atoms with Crippen molar-refractivity contribution >= 4 is 17.6 Å². The predicted molar refractivity (Wildman–Crippen MR) is 53.7 cm³/mol. The Hall–Kier alpha value is -1.73. The van der Waals surface area contributed by atoms with Gasteiger partial charge in [0.1, 0.15) is 11.8 Å². The molecule has 15 heavy (non-hydrogen) atoms. The summed E-state index contributed by atoms with van der Waals surface area (Å²) in [5.41, 5.74) is 0.689. The highest BCUT2D eigenvalue weighted by Crippen LogP contribution is 2.27. The number of phenols is 1. The zero-order valence-electron chi connectivity index (χ0n) is 7.70. The Bertz CT molecular complexity index is 437. The highest BCUT2D eigenvalue weighted by Gasteiger charge is 2.13. The van der Waals surface area contributed by atoms with Crippen molar-refractivity contribution in [1.29, 1.82) is 5.26 Å². The van der Waals surface area contributed by atoms with Gasteiger partial charge in [-0.1, -0.05) is 12.1 Å². The minimum Gasteiger partial charge on any atom is -0.506 e. The second kappa shape index (κ2) is 4.67. The van der Waals surface area contributed by atoms with Crippen LogP contribution in [0.4, 0.5) is 0 Å². The molecule has 0 spiro atoms. The third-order valence-corrected chi connectivity index (χ3v) is 2.23. The molecule has 0 radical (unpaired) electrons. The Labute approximate surface area is 91.3 Å². The summed E-state index contributed by atoms with van der Waals surface area (Å²) >= 11 is 5.53. The molecule has 0 aromatic heterocycles. The fourth-order valence-corrected chi connectivity index (χ4v) is 1.43. The number of aliphatic carboxylic acids is 1. The lowest BCUT2D eigenvalue weighted by molar-refractivity contribution is -0.136. The number of phenolic OH excluding ortho intramolecular Hbond substituents is 1. The summed E-state index contributed by atoms with van der Waals surface area (Å²) in [4.78, 5) is 10.5. The fraction of sp³-hybridized carbons (Fsp3) is 0.200. The number of hydrogen-bond donors (Lipinski definition) is 2. The van der Waals surface area contributed by atoms with Crippen molar-refractivity contribution in [3.05, 3.63) is 28.8 Å². The molecule has 0 unspecified atom stereocenters. The zero-order chi connectivity index (χ0) is 11.4. The lowest BCUT2D eigenvalue weighted by Gasteiger charge is -2.06. The number of carbonyl (C=O) groups is 1. The average Bonchev–Trinajstić information content (AvgIpc) is 2.18. The zero-order valence-corrected chi connectivity index (χ0v) is 8.45. The van der Waals surface area contributed by atoms with Gasteiger partial charge >= 0.3 is 5.97 Å². The van der Waals surface area contributed by atoms with Crippen LogP contribution in [-0.2, 0) is 17.1 Å². The Kier molecular flexibility index (Phi) is 3.53. The van der Waals surface area contributed by atoms with Crippen molar-refractivity contribution in [2.45, 2.75) is 12.3 Å². The van der Waals surface area contributed by atoms with Crippen molar-refractivity contribution in [3.63, 3.8) is 0 Å². The lowest BCUT2D eigenvalue weighted by Crippen LogP contribution is -2.03. The second-order valence-electron chi connectivity index (χ2n) is 2.92. The number of halogens is 1. The quantitative estimate of drug-likeness (QED) is 0.766. The predicted octanol–water partition coefficient (Wildman–Crippen LogP) is 1.63. The molecule has 0 bridgehead atoms. The monoisotopic (exact) mass is 225 g/mol. The van der Waals surface area contributed by atoms with Gasteiger partial charge in [0, 0.05) is 5.56 Å². The van der Waals surface area contributed by atoms with Crippen LogP contribution in [0.5, 0.6) is 5.75 Å². The molecule has 78 valence electrons. The summed E-state index contributed by atoms with van der Waals surface area (Å²) in [5.74, 6) is -1.20. The lowest BCUT2D eigenvalue weighted by atomic mass is 10.0. The van der Waals surface area contributed by atoms with Crippen molar-refractivity contribution in [2.24, 2.45) is 0 Å². The highest BCUT2D eigenvalue weighted by molar-refractivity contribution is 6.17. The maximum absolute atomic E-state index is 10.5. The molecule has 4 nitrogen and oxygen atoms in total. The average molecular weight is 226 g/mol. The van der Waals surface area contributed by atoms with Crippen LogP contribution in [0.15, 0.2) is 12.1 Å². The molecule has 0 aliphatic heterocycles. The van der Waals surface area contributed by atoms with Crippen LogP contribution in [0.25, 0.3) is 0 Å². The SMILES string of the molecule is N#Cc1c(CC(=O)O)ccc(CCl)c1O. The van der Waals surface area contributed by atoms with Gasteiger partial charge in [0.15, 0.2) is 0 Å². The summed E-state index contributed by atoms with van der Waals surface area (Å²) in [6, 6.07) is 4.78. The van der Waals surface area contributed by atoms with Gasteiger partial charge in [0.25, 0.3) is 0 Å². The number of hydrogen-bond acceptors (Lipinski definition) is 3. The first-order valence-corrected chi connectivity index (χ1v) is 4.65. The Morgan fingerprint density at radius 3 is 2.53 bits per heavy atom. The molecule has 1 aromatic rings. The Morgan fingerprint density at radius 1 is 1.47 bits per heavy atom. The van der Waals surface area contributed by atoms with Crippen LogP contribution in [-0.4, -0.2) is 16.2 Å². The van der Waals surface area contributed by atoms with Crippen LogP contribution in [0.2, 0.25) is 0 Å². The second-order valence-corrected chi connectivity index (χ2v) is 3.19. The number of carboxylic acid groups (broad SMARTS) is 1. The summed E-state index contributed by atoms with van der Waals surface area (Å²) in [7, 11) is 0. The molecule has 0 saturated carbocycles. The standard InChI is InChI=1S/C10H8ClNO3/c11-4-7-2-1-6(3-9(13)14)8(5-12)10(7)15/h1-2,15H,3-4H2,(H,13,14). The van der Waals surface area contributed by atoms with Crippen molar-refractivity contribution < 1.29 is 15.0 Å². The first-order chi connectivity index (χ1) is 7.10. The largest absolute Gasteiger partial charge is 0.506 e. The molecule has 1 rings (SSSR count). The van der Waals surface area contributed by atoms with E-state index < -0.39 is 5.97 Å². The number of alkyl halides is 1. The normalized spacial score (nSPS) is 9.60. The van der Waals surface area contributed by atoms with Crippen molar-refractivity contribution in [2.75, 3.05) is 0 Å². The maximum atomic E-state index is 10.5. The van der Waals surface area contributed by atoms with Gasteiger partial charge in [-0.05, 0) is 5.56 Å². The van der Waals surface area contributed by atoms with Gasteiger partial charge in [-0.15, -0.1) is 11.6 Å². The molecule has 0 fully saturated rings. The number of nitriles is 1. The van der Waals surface area contributed by atoms with E-state index in [0.29, 0.717) is 5.56 Å². The van der Waals surface area contributed by atoms with Crippen molar-refractivity contribution in [1.82, 2.24) is 0 Å². The van der Waals surface area contributed by atoms with E-state index in [2.05, 4.69) is 0 Å². The Balaban J connectivity index is 3.26. The summed E-state index contributed by atoms with van der Waals surface area (Å²) in [6.07, 6.45) is -0.293. The van der Waals surface area contributed by atoms with Crippen LogP contribution >= 0.6 is 11.6 Å². The van der Waals surface area contributed by atoms with Gasteiger partial charge in [-0.3, -0.25) is 4.79 Å². The smallest absolute Gasteiger partial charge is 0.307 e. The number of aromatic hydroxyl groups is 1. The van der Waals surface area contributed by atoms with E-state index in [1.807, 2.05) is 0 Å². The molecule has 5 heteroatoms. The van der Waals surface area contributed by atoms with Gasteiger partial charge < -0.3 is 10.2 Å². The van der Waals surface area contributed by atoms with E-state index in [0.717, 1.165) is 0 Å². The molecule has 0 atom stereocenters. The molecular weight excluding hydrogens is 218 g/mol. The first-order valence-electron chi connectivity index (χ1n) is 4.11. The van der Waals surface area contributed by atoms with Gasteiger partial charge in [0.2, 0.25) is 0 Å². The third-order valence-electron chi connectivity index (χ3n) is 1.95. The van der Waals surface area contributed by atoms with Crippen LogP contribution < -0.4 is 0 Å². The first kappa shape index (κ1) is 11.3. The summed E-state index contributed by atoms with van der Waals surface area (Å²) < 4.78 is 0. The number of nitrogens with zero attached hydrogens (tertiary/aromatic N) is 1. The fourth-order valence-electron chi connectivity index (χ4n) is 1.22. The van der Waals surface area contributed by atoms with Crippen LogP contribution in [0.1, 0.15) is 16.7 Å². The van der Waals surface area contributed by atoms with Crippen LogP contribution in [0.3, 0.4) is 0 Å². The molecule has 0 aliphatic rings. The molecule has 0 aliphatic carbocycles. The minimum absolute atomic E-state index is 0.0180. The number of carboxylic acids is 1. The van der Waals surface area contributed by atoms with E-state index in [9.17, 15) is 9.90 Å². The third kappa shape index (κ3) is 2.39. The number of benzene rings is 1. The van der Waals surface area contributed by atoms with E-state index in [-0.39, 0.29) is 29.2 Å². The molecule has 2 N–H and O–H groups in total. The van der Waals surface area contributed by atoms with Crippen LogP contribution in [0, 0.1) is 11.3 Å². The molecule has 0 saturated heterocycles. The summed E-state index contributed by atoms with van der Waals surface area (Å²) in [5, 5.41) is 27.0. The van der Waals surface area contributed by atoms with E-state index in [4.69, 9.17) is 22.0 Å². The summed E-state index contributed by atoms with van der Waals surface area (Å²) in [6.45, 7) is 0. The van der Waals surface area contributed by atoms with E-state index in [1.54, 1.807) is 6.07 Å². The molecule has 1 aromatic carbocycles. The topological polar surface area (TPSA) is 81.3 Å². The Morgan fingerprint density at radius 2 is 2.07 bits per heavy atom. The molecular formula is C10H8ClNO3. The molecule has 0 heterocycles. The van der Waals surface area contributed by atoms with Gasteiger partial charge in [-0.2, -0.15) is 5.26 Å². The van der Waals surface area contributed by atoms with E-state index in [1.165, 1.54) is 12.1 Å². The van der Waals surface area contributed by atoms with E-state index >= 15 is 0 Å². The number of rotatable bonds is 3. The highest BCUT2D eigenvalue weighted by atomic mass is 35.5. The van der Waals surface area contributed by atoms with Crippen molar-refractivity contribution in [3.8, 4) is 11.8 Å². The van der Waals surface area contributed by atoms with Gasteiger partial charge in [-0.25, -0.2) is 0 Å². The minimum atomic E-state index is -1.05.